The average molecular weight is 326 g/mol. The lowest BCUT2D eigenvalue weighted by atomic mass is 10.0. The fourth-order valence-corrected chi connectivity index (χ4v) is 5.00. The summed E-state index contributed by atoms with van der Waals surface area (Å²) in [6.45, 7) is 4.44. The lowest BCUT2D eigenvalue weighted by Crippen LogP contribution is -2.43. The van der Waals surface area contributed by atoms with Gasteiger partial charge in [0.2, 0.25) is 10.0 Å². The third kappa shape index (κ3) is 3.27. The van der Waals surface area contributed by atoms with E-state index < -0.39 is 10.0 Å². The molecule has 1 aliphatic heterocycles. The minimum atomic E-state index is -3.49. The normalized spacial score (nSPS) is 20.4. The molecule has 1 unspecified atom stereocenters. The third-order valence-electron chi connectivity index (χ3n) is 4.10. The van der Waals surface area contributed by atoms with Crippen LogP contribution in [0.5, 0.6) is 0 Å². The largest absolute Gasteiger partial charge is 0.389 e. The first-order valence-electron chi connectivity index (χ1n) is 7.30. The molecular formula is C15H22N2O2S2. The average Bonchev–Trinajstić information content (AvgIpc) is 2.47. The van der Waals surface area contributed by atoms with Crippen molar-refractivity contribution < 1.29 is 8.42 Å². The number of piperidine rings is 1. The van der Waals surface area contributed by atoms with Crippen molar-refractivity contribution in [3.8, 4) is 0 Å². The Bertz CT molecular complexity index is 641. The Morgan fingerprint density at radius 2 is 2.14 bits per heavy atom. The minimum absolute atomic E-state index is 0.0941. The van der Waals surface area contributed by atoms with Crippen LogP contribution in [-0.2, 0) is 10.0 Å². The van der Waals surface area contributed by atoms with Gasteiger partial charge in [0.1, 0.15) is 4.99 Å². The number of nitrogens with two attached hydrogens (primary N) is 1. The number of benzene rings is 1. The number of nitrogens with zero attached hydrogens (tertiary/aromatic N) is 1. The maximum atomic E-state index is 13.0. The molecule has 1 saturated heterocycles. The molecule has 1 heterocycles. The summed E-state index contributed by atoms with van der Waals surface area (Å²) in [7, 11) is -3.49. The summed E-state index contributed by atoms with van der Waals surface area (Å²) >= 11 is 4.96. The Kier molecular flexibility index (Phi) is 5.01. The van der Waals surface area contributed by atoms with Crippen LogP contribution in [0, 0.1) is 6.92 Å². The molecule has 0 aromatic heterocycles. The molecule has 6 heteroatoms. The molecule has 1 aromatic carbocycles. The molecule has 1 aliphatic rings. The molecule has 4 nitrogen and oxygen atoms in total. The van der Waals surface area contributed by atoms with Gasteiger partial charge in [-0.1, -0.05) is 37.7 Å². The second-order valence-electron chi connectivity index (χ2n) is 5.52. The highest BCUT2D eigenvalue weighted by molar-refractivity contribution is 7.89. The van der Waals surface area contributed by atoms with E-state index in [0.717, 1.165) is 31.2 Å². The van der Waals surface area contributed by atoms with Crippen molar-refractivity contribution in [2.75, 3.05) is 6.54 Å². The van der Waals surface area contributed by atoms with Gasteiger partial charge in [0.05, 0.1) is 4.90 Å². The molecule has 1 aromatic rings. The monoisotopic (exact) mass is 326 g/mol. The quantitative estimate of drug-likeness (QED) is 0.864. The summed E-state index contributed by atoms with van der Waals surface area (Å²) in [4.78, 5) is 0.547. The first kappa shape index (κ1) is 16.4. The summed E-state index contributed by atoms with van der Waals surface area (Å²) in [6.07, 6.45) is 3.79. The van der Waals surface area contributed by atoms with Gasteiger partial charge in [-0.2, -0.15) is 4.31 Å². The zero-order valence-electron chi connectivity index (χ0n) is 12.5. The molecule has 0 aliphatic carbocycles. The molecule has 0 bridgehead atoms. The Morgan fingerprint density at radius 1 is 1.43 bits per heavy atom. The fourth-order valence-electron chi connectivity index (χ4n) is 2.86. The highest BCUT2D eigenvalue weighted by atomic mass is 32.2. The zero-order chi connectivity index (χ0) is 15.6. The van der Waals surface area contributed by atoms with Crippen LogP contribution < -0.4 is 5.73 Å². The predicted octanol–water partition coefficient (Wildman–Crippen LogP) is 2.58. The van der Waals surface area contributed by atoms with Crippen LogP contribution in [0.25, 0.3) is 0 Å². The summed E-state index contributed by atoms with van der Waals surface area (Å²) in [6, 6.07) is 5.24. The van der Waals surface area contributed by atoms with Crippen molar-refractivity contribution in [2.45, 2.75) is 50.5 Å². The Morgan fingerprint density at radius 3 is 2.76 bits per heavy atom. The van der Waals surface area contributed by atoms with Gasteiger partial charge in [-0.3, -0.25) is 0 Å². The van der Waals surface area contributed by atoms with Crippen LogP contribution >= 0.6 is 12.2 Å². The number of sulfonamides is 1. The summed E-state index contributed by atoms with van der Waals surface area (Å²) in [5, 5.41) is 0. The minimum Gasteiger partial charge on any atom is -0.389 e. The summed E-state index contributed by atoms with van der Waals surface area (Å²) in [5.41, 5.74) is 6.96. The van der Waals surface area contributed by atoms with Crippen LogP contribution in [0.3, 0.4) is 0 Å². The van der Waals surface area contributed by atoms with Gasteiger partial charge in [0.15, 0.2) is 0 Å². The standard InChI is InChI=1S/C15H22N2O2S2/c1-3-13-6-4-5-9-17(13)21(18,19)14-10-12(15(16)20)8-7-11(14)2/h7-8,10,13H,3-6,9H2,1-2H3,(H2,16,20). The smallest absolute Gasteiger partial charge is 0.243 e. The molecule has 0 radical (unpaired) electrons. The van der Waals surface area contributed by atoms with E-state index in [0.29, 0.717) is 17.0 Å². The molecule has 21 heavy (non-hydrogen) atoms. The number of rotatable bonds is 4. The second-order valence-corrected chi connectivity index (χ2v) is 7.82. The van der Waals surface area contributed by atoms with Gasteiger partial charge < -0.3 is 5.73 Å². The van der Waals surface area contributed by atoms with Crippen LogP contribution in [0.1, 0.15) is 43.7 Å². The first-order valence-corrected chi connectivity index (χ1v) is 9.15. The number of hydrogen-bond donors (Lipinski definition) is 1. The van der Waals surface area contributed by atoms with E-state index in [2.05, 4.69) is 0 Å². The molecular weight excluding hydrogens is 304 g/mol. The van der Waals surface area contributed by atoms with Crippen molar-refractivity contribution >= 4 is 27.2 Å². The molecule has 2 rings (SSSR count). The molecule has 0 spiro atoms. The van der Waals surface area contributed by atoms with E-state index in [4.69, 9.17) is 18.0 Å². The van der Waals surface area contributed by atoms with Crippen molar-refractivity contribution in [1.82, 2.24) is 4.31 Å². The number of thiocarbonyl (C=S) groups is 1. The van der Waals surface area contributed by atoms with E-state index in [1.165, 1.54) is 0 Å². The summed E-state index contributed by atoms with van der Waals surface area (Å²) in [5.74, 6) is 0. The summed E-state index contributed by atoms with van der Waals surface area (Å²) < 4.78 is 27.6. The van der Waals surface area contributed by atoms with Gasteiger partial charge in [-0.05, 0) is 37.8 Å². The van der Waals surface area contributed by atoms with Crippen LogP contribution in [0.2, 0.25) is 0 Å². The SMILES string of the molecule is CCC1CCCCN1S(=O)(=O)c1cc(C(N)=S)ccc1C. The Labute approximate surface area is 132 Å². The van der Waals surface area contributed by atoms with Gasteiger partial charge >= 0.3 is 0 Å². The molecule has 116 valence electrons. The molecule has 1 atom stereocenters. The van der Waals surface area contributed by atoms with Gasteiger partial charge in [0.25, 0.3) is 0 Å². The molecule has 0 amide bonds. The topological polar surface area (TPSA) is 63.4 Å². The highest BCUT2D eigenvalue weighted by Gasteiger charge is 2.33. The van der Waals surface area contributed by atoms with Crippen molar-refractivity contribution in [1.29, 1.82) is 0 Å². The van der Waals surface area contributed by atoms with Crippen LogP contribution in [-0.4, -0.2) is 30.3 Å². The van der Waals surface area contributed by atoms with E-state index in [9.17, 15) is 8.42 Å². The number of aryl methyl sites for hydroxylation is 1. The van der Waals surface area contributed by atoms with E-state index in [1.54, 1.807) is 29.4 Å². The van der Waals surface area contributed by atoms with Crippen molar-refractivity contribution in [2.24, 2.45) is 5.73 Å². The Balaban J connectivity index is 2.47. The van der Waals surface area contributed by atoms with E-state index >= 15 is 0 Å². The van der Waals surface area contributed by atoms with Crippen molar-refractivity contribution in [3.63, 3.8) is 0 Å². The molecule has 0 saturated carbocycles. The molecule has 2 N–H and O–H groups in total. The van der Waals surface area contributed by atoms with Crippen LogP contribution in [0.15, 0.2) is 23.1 Å². The van der Waals surface area contributed by atoms with Gasteiger partial charge in [-0.25, -0.2) is 8.42 Å². The maximum Gasteiger partial charge on any atom is 0.243 e. The molecule has 1 fully saturated rings. The predicted molar refractivity (Wildman–Crippen MR) is 88.9 cm³/mol. The third-order valence-corrected chi connectivity index (χ3v) is 6.43. The Hall–Kier alpha value is -0.980. The maximum absolute atomic E-state index is 13.0. The second kappa shape index (κ2) is 6.42. The van der Waals surface area contributed by atoms with Gasteiger partial charge in [0, 0.05) is 18.2 Å². The fraction of sp³-hybridized carbons (Fsp3) is 0.533. The zero-order valence-corrected chi connectivity index (χ0v) is 14.1. The van der Waals surface area contributed by atoms with Crippen LogP contribution in [0.4, 0.5) is 0 Å². The van der Waals surface area contributed by atoms with E-state index in [-0.39, 0.29) is 11.0 Å². The van der Waals surface area contributed by atoms with Gasteiger partial charge in [-0.15, -0.1) is 0 Å². The number of hydrogen-bond acceptors (Lipinski definition) is 3. The lowest BCUT2D eigenvalue weighted by Gasteiger charge is -2.34. The van der Waals surface area contributed by atoms with Crippen molar-refractivity contribution in [3.05, 3.63) is 29.3 Å². The highest BCUT2D eigenvalue weighted by Crippen LogP contribution is 2.29. The van der Waals surface area contributed by atoms with E-state index in [1.807, 2.05) is 6.92 Å². The lowest BCUT2D eigenvalue weighted by molar-refractivity contribution is 0.246. The first-order chi connectivity index (χ1) is 9.87.